The number of hydrogen-bond acceptors (Lipinski definition) is 2. The van der Waals surface area contributed by atoms with Crippen molar-refractivity contribution in [3.8, 4) is 5.75 Å². The van der Waals surface area contributed by atoms with E-state index in [4.69, 9.17) is 27.9 Å². The lowest BCUT2D eigenvalue weighted by molar-refractivity contribution is 0.104. The highest BCUT2D eigenvalue weighted by atomic mass is 79.9. The maximum atomic E-state index is 12.8. The SMILES string of the molecule is O=C(/C=C1\C=C(c2ccc(Cl)cc2)Oc2ccc(Br)cc21)c1ccc(Cl)cc1. The van der Waals surface area contributed by atoms with E-state index < -0.39 is 0 Å². The van der Waals surface area contributed by atoms with Crippen LogP contribution in [0.25, 0.3) is 11.3 Å². The highest BCUT2D eigenvalue weighted by Crippen LogP contribution is 2.38. The van der Waals surface area contributed by atoms with Crippen LogP contribution < -0.4 is 4.74 Å². The topological polar surface area (TPSA) is 26.3 Å². The van der Waals surface area contributed by atoms with Crippen LogP contribution in [0.2, 0.25) is 10.0 Å². The quantitative estimate of drug-likeness (QED) is 0.292. The van der Waals surface area contributed by atoms with Gasteiger partial charge in [-0.1, -0.05) is 39.1 Å². The van der Waals surface area contributed by atoms with Crippen molar-refractivity contribution >= 4 is 56.2 Å². The fourth-order valence-electron chi connectivity index (χ4n) is 2.90. The highest BCUT2D eigenvalue weighted by Gasteiger charge is 2.19. The summed E-state index contributed by atoms with van der Waals surface area (Å²) in [4.78, 5) is 12.8. The molecule has 0 aliphatic carbocycles. The van der Waals surface area contributed by atoms with E-state index in [1.54, 1.807) is 42.5 Å². The number of carbonyl (C=O) groups is 1. The van der Waals surface area contributed by atoms with E-state index >= 15 is 0 Å². The molecule has 0 aromatic heterocycles. The highest BCUT2D eigenvalue weighted by molar-refractivity contribution is 9.10. The van der Waals surface area contributed by atoms with E-state index in [0.717, 1.165) is 21.2 Å². The first-order valence-corrected chi connectivity index (χ1v) is 10.0. The van der Waals surface area contributed by atoms with Crippen molar-refractivity contribution in [1.82, 2.24) is 0 Å². The van der Waals surface area contributed by atoms with Crippen LogP contribution in [0.15, 0.2) is 83.4 Å². The van der Waals surface area contributed by atoms with E-state index in [1.807, 2.05) is 36.4 Å². The van der Waals surface area contributed by atoms with Gasteiger partial charge in [-0.05, 0) is 84.5 Å². The summed E-state index contributed by atoms with van der Waals surface area (Å²) in [5, 5.41) is 1.24. The summed E-state index contributed by atoms with van der Waals surface area (Å²) < 4.78 is 6.98. The molecule has 138 valence electrons. The molecule has 4 rings (SSSR count). The van der Waals surface area contributed by atoms with Crippen LogP contribution in [-0.2, 0) is 0 Å². The molecule has 0 saturated carbocycles. The van der Waals surface area contributed by atoms with Gasteiger partial charge in [0.05, 0.1) is 0 Å². The first-order chi connectivity index (χ1) is 13.5. The maximum Gasteiger partial charge on any atom is 0.186 e. The number of ketones is 1. The number of allylic oxidation sites excluding steroid dienone is 3. The first kappa shape index (κ1) is 19.0. The van der Waals surface area contributed by atoms with E-state index in [1.165, 1.54) is 0 Å². The molecule has 28 heavy (non-hydrogen) atoms. The lowest BCUT2D eigenvalue weighted by Crippen LogP contribution is -2.05. The van der Waals surface area contributed by atoms with Gasteiger partial charge in [-0.15, -0.1) is 0 Å². The van der Waals surface area contributed by atoms with Crippen molar-refractivity contribution < 1.29 is 9.53 Å². The molecular weight excluding hydrogens is 459 g/mol. The van der Waals surface area contributed by atoms with Crippen molar-refractivity contribution in [2.45, 2.75) is 0 Å². The van der Waals surface area contributed by atoms with Gasteiger partial charge in [-0.3, -0.25) is 4.79 Å². The summed E-state index contributed by atoms with van der Waals surface area (Å²) in [5.41, 5.74) is 3.06. The zero-order valence-electron chi connectivity index (χ0n) is 14.5. The Balaban J connectivity index is 1.79. The van der Waals surface area contributed by atoms with Gasteiger partial charge >= 0.3 is 0 Å². The molecule has 5 heteroatoms. The van der Waals surface area contributed by atoms with Crippen molar-refractivity contribution in [3.05, 3.63) is 110 Å². The lowest BCUT2D eigenvalue weighted by atomic mass is 9.97. The molecule has 0 fully saturated rings. The molecule has 0 amide bonds. The van der Waals surface area contributed by atoms with Crippen LogP contribution in [0, 0.1) is 0 Å². The Morgan fingerprint density at radius 2 is 1.54 bits per heavy atom. The Labute approximate surface area is 181 Å². The third-order valence-electron chi connectivity index (χ3n) is 4.30. The van der Waals surface area contributed by atoms with Gasteiger partial charge in [0.15, 0.2) is 5.78 Å². The molecule has 3 aromatic rings. The molecule has 0 bridgehead atoms. The average Bonchev–Trinajstić information content (AvgIpc) is 2.69. The van der Waals surface area contributed by atoms with Gasteiger partial charge in [0, 0.05) is 31.2 Å². The normalized spacial score (nSPS) is 14.2. The van der Waals surface area contributed by atoms with Crippen molar-refractivity contribution in [1.29, 1.82) is 0 Å². The van der Waals surface area contributed by atoms with Gasteiger partial charge in [0.1, 0.15) is 11.5 Å². The third-order valence-corrected chi connectivity index (χ3v) is 5.30. The molecule has 0 spiro atoms. The Bertz CT molecular complexity index is 1110. The van der Waals surface area contributed by atoms with E-state index in [9.17, 15) is 4.79 Å². The van der Waals surface area contributed by atoms with Crippen molar-refractivity contribution in [3.63, 3.8) is 0 Å². The van der Waals surface area contributed by atoms with Gasteiger partial charge < -0.3 is 4.74 Å². The molecule has 0 radical (unpaired) electrons. The number of halogens is 3. The Kier molecular flexibility index (Phi) is 5.40. The van der Waals surface area contributed by atoms with Crippen LogP contribution in [0.5, 0.6) is 5.75 Å². The minimum atomic E-state index is -0.105. The second kappa shape index (κ2) is 7.96. The molecule has 0 N–H and O–H groups in total. The second-order valence-corrected chi connectivity index (χ2v) is 8.02. The predicted molar refractivity (Wildman–Crippen MR) is 118 cm³/mol. The van der Waals surface area contributed by atoms with Crippen molar-refractivity contribution in [2.75, 3.05) is 0 Å². The summed E-state index contributed by atoms with van der Waals surface area (Å²) in [6, 6.07) is 19.9. The largest absolute Gasteiger partial charge is 0.456 e. The Morgan fingerprint density at radius 1 is 0.893 bits per heavy atom. The van der Waals surface area contributed by atoms with Gasteiger partial charge in [-0.2, -0.15) is 0 Å². The number of carbonyl (C=O) groups excluding carboxylic acids is 1. The Morgan fingerprint density at radius 3 is 2.21 bits per heavy atom. The Hall–Kier alpha value is -2.33. The molecule has 1 aliphatic rings. The standard InChI is InChI=1S/C23H13BrCl2O2/c24-17-5-10-22-20(13-17)16(11-21(27)14-1-6-18(25)7-2-14)12-23(28-22)15-3-8-19(26)9-4-15/h1-13H/b16-11+. The third kappa shape index (κ3) is 4.07. The molecule has 0 atom stereocenters. The summed E-state index contributed by atoms with van der Waals surface area (Å²) >= 11 is 15.4. The maximum absolute atomic E-state index is 12.8. The van der Waals surface area contributed by atoms with Crippen LogP contribution >= 0.6 is 39.1 Å². The molecule has 0 unspecified atom stereocenters. The monoisotopic (exact) mass is 470 g/mol. The minimum Gasteiger partial charge on any atom is -0.456 e. The average molecular weight is 472 g/mol. The number of benzene rings is 3. The zero-order chi connectivity index (χ0) is 19.7. The smallest absolute Gasteiger partial charge is 0.186 e. The van der Waals surface area contributed by atoms with Gasteiger partial charge in [0.2, 0.25) is 0 Å². The first-order valence-electron chi connectivity index (χ1n) is 8.46. The number of hydrogen-bond donors (Lipinski definition) is 0. The molecular formula is C23H13BrCl2O2. The van der Waals surface area contributed by atoms with Crippen LogP contribution in [0.3, 0.4) is 0 Å². The van der Waals surface area contributed by atoms with E-state index in [0.29, 0.717) is 27.1 Å². The minimum absolute atomic E-state index is 0.105. The van der Waals surface area contributed by atoms with Crippen LogP contribution in [0.4, 0.5) is 0 Å². The fourth-order valence-corrected chi connectivity index (χ4v) is 3.51. The van der Waals surface area contributed by atoms with Crippen molar-refractivity contribution in [2.24, 2.45) is 0 Å². The van der Waals surface area contributed by atoms with E-state index in [2.05, 4.69) is 15.9 Å². The number of rotatable bonds is 3. The molecule has 1 aliphatic heterocycles. The summed E-state index contributed by atoms with van der Waals surface area (Å²) in [7, 11) is 0. The number of fused-ring (bicyclic) bond motifs is 1. The summed E-state index contributed by atoms with van der Waals surface area (Å²) in [5.74, 6) is 1.23. The summed E-state index contributed by atoms with van der Waals surface area (Å²) in [6.07, 6.45) is 3.48. The zero-order valence-corrected chi connectivity index (χ0v) is 17.6. The van der Waals surface area contributed by atoms with E-state index in [-0.39, 0.29) is 5.78 Å². The molecule has 2 nitrogen and oxygen atoms in total. The van der Waals surface area contributed by atoms with Gasteiger partial charge in [-0.25, -0.2) is 0 Å². The second-order valence-electron chi connectivity index (χ2n) is 6.23. The molecule has 1 heterocycles. The van der Waals surface area contributed by atoms with Gasteiger partial charge in [0.25, 0.3) is 0 Å². The molecule has 3 aromatic carbocycles. The molecule has 0 saturated heterocycles. The fraction of sp³-hybridized carbons (Fsp3) is 0. The predicted octanol–water partition coefficient (Wildman–Crippen LogP) is 7.46. The van der Waals surface area contributed by atoms with Crippen LogP contribution in [0.1, 0.15) is 21.5 Å². The lowest BCUT2D eigenvalue weighted by Gasteiger charge is -2.21. The van der Waals surface area contributed by atoms with Crippen LogP contribution in [-0.4, -0.2) is 5.78 Å². The summed E-state index contributed by atoms with van der Waals surface area (Å²) in [6.45, 7) is 0. The number of ether oxygens (including phenoxy) is 1.